The first-order valence-corrected chi connectivity index (χ1v) is 10.7. The van der Waals surface area contributed by atoms with Crippen LogP contribution in [0, 0.1) is 0 Å². The van der Waals surface area contributed by atoms with Crippen molar-refractivity contribution < 1.29 is 19.1 Å². The van der Waals surface area contributed by atoms with Crippen LogP contribution in [0.5, 0.6) is 11.5 Å². The first kappa shape index (κ1) is 25.1. The summed E-state index contributed by atoms with van der Waals surface area (Å²) < 4.78 is 11.6. The summed E-state index contributed by atoms with van der Waals surface area (Å²) >= 11 is 0. The SMILES string of the molecule is CCN(C(=O)CO/N=C\c1ccc(OC)cc1OC)c1c(N)n(Cc2ccccc2)c(=O)[nH]c1=O. The third-order valence-electron chi connectivity index (χ3n) is 5.18. The zero-order chi connectivity index (χ0) is 25.4. The summed E-state index contributed by atoms with van der Waals surface area (Å²) in [6.45, 7) is 1.47. The molecule has 35 heavy (non-hydrogen) atoms. The molecule has 1 aromatic heterocycles. The minimum absolute atomic E-state index is 0.120. The topological polar surface area (TPSA) is 141 Å². The Morgan fingerprint density at radius 1 is 1.14 bits per heavy atom. The van der Waals surface area contributed by atoms with E-state index >= 15 is 0 Å². The summed E-state index contributed by atoms with van der Waals surface area (Å²) in [7, 11) is 3.05. The van der Waals surface area contributed by atoms with E-state index < -0.39 is 23.8 Å². The van der Waals surface area contributed by atoms with Gasteiger partial charge in [-0.1, -0.05) is 35.5 Å². The van der Waals surface area contributed by atoms with Crippen molar-refractivity contribution in [1.29, 1.82) is 0 Å². The third-order valence-corrected chi connectivity index (χ3v) is 5.18. The number of aromatic nitrogens is 2. The van der Waals surface area contributed by atoms with Gasteiger partial charge in [-0.3, -0.25) is 19.1 Å². The molecule has 0 unspecified atom stereocenters. The average molecular weight is 482 g/mol. The number of oxime groups is 1. The fourth-order valence-electron chi connectivity index (χ4n) is 3.41. The van der Waals surface area contributed by atoms with Gasteiger partial charge in [-0.05, 0) is 24.6 Å². The number of hydrogen-bond donors (Lipinski definition) is 2. The van der Waals surface area contributed by atoms with Gasteiger partial charge in [-0.15, -0.1) is 0 Å². The number of nitrogen functional groups attached to an aromatic ring is 1. The van der Waals surface area contributed by atoms with E-state index in [1.54, 1.807) is 32.2 Å². The van der Waals surface area contributed by atoms with Gasteiger partial charge in [-0.25, -0.2) is 4.79 Å². The zero-order valence-electron chi connectivity index (χ0n) is 19.7. The lowest BCUT2D eigenvalue weighted by Crippen LogP contribution is -2.42. The molecule has 11 nitrogen and oxygen atoms in total. The lowest BCUT2D eigenvalue weighted by molar-refractivity contribution is -0.123. The average Bonchev–Trinajstić information content (AvgIpc) is 2.87. The molecule has 2 aromatic carbocycles. The quantitative estimate of drug-likeness (QED) is 0.331. The maximum absolute atomic E-state index is 12.8. The molecule has 0 atom stereocenters. The molecule has 0 aliphatic rings. The Balaban J connectivity index is 1.78. The van der Waals surface area contributed by atoms with Crippen molar-refractivity contribution in [3.63, 3.8) is 0 Å². The van der Waals surface area contributed by atoms with Crippen LogP contribution in [0.15, 0.2) is 63.3 Å². The second-order valence-electron chi connectivity index (χ2n) is 7.32. The number of nitrogens with one attached hydrogen (secondary N) is 1. The zero-order valence-corrected chi connectivity index (χ0v) is 19.7. The van der Waals surface area contributed by atoms with Crippen LogP contribution in [0.2, 0.25) is 0 Å². The Bertz CT molecular complexity index is 1320. The molecule has 1 amide bonds. The normalized spacial score (nSPS) is 10.8. The number of nitrogens with two attached hydrogens (primary N) is 1. The fourth-order valence-corrected chi connectivity index (χ4v) is 3.41. The number of benzene rings is 2. The molecule has 3 N–H and O–H groups in total. The Morgan fingerprint density at radius 3 is 2.54 bits per heavy atom. The first-order chi connectivity index (χ1) is 16.9. The van der Waals surface area contributed by atoms with Gasteiger partial charge in [0.1, 0.15) is 17.3 Å². The van der Waals surface area contributed by atoms with Gasteiger partial charge in [0.2, 0.25) is 0 Å². The number of anilines is 2. The number of carbonyl (C=O) groups is 1. The molecule has 0 fully saturated rings. The summed E-state index contributed by atoms with van der Waals surface area (Å²) in [6.07, 6.45) is 1.39. The van der Waals surface area contributed by atoms with E-state index in [-0.39, 0.29) is 24.6 Å². The predicted molar refractivity (Wildman–Crippen MR) is 132 cm³/mol. The molecule has 3 rings (SSSR count). The van der Waals surface area contributed by atoms with Gasteiger partial charge in [-0.2, -0.15) is 0 Å². The largest absolute Gasteiger partial charge is 0.497 e. The highest BCUT2D eigenvalue weighted by Gasteiger charge is 2.23. The second-order valence-corrected chi connectivity index (χ2v) is 7.32. The van der Waals surface area contributed by atoms with Gasteiger partial charge >= 0.3 is 5.69 Å². The number of rotatable bonds is 10. The van der Waals surface area contributed by atoms with E-state index in [1.165, 1.54) is 17.9 Å². The van der Waals surface area contributed by atoms with Crippen LogP contribution in [-0.4, -0.2) is 49.0 Å². The molecule has 0 aliphatic carbocycles. The fraction of sp³-hybridized carbons (Fsp3) is 0.250. The Hall–Kier alpha value is -4.54. The molecular formula is C24H27N5O6. The van der Waals surface area contributed by atoms with E-state index in [1.807, 2.05) is 30.3 Å². The van der Waals surface area contributed by atoms with E-state index in [0.29, 0.717) is 17.1 Å². The van der Waals surface area contributed by atoms with Gasteiger partial charge in [0, 0.05) is 18.2 Å². The minimum Gasteiger partial charge on any atom is -0.497 e. The number of likely N-dealkylation sites (N-methyl/N-ethyl adjacent to an activating group) is 1. The van der Waals surface area contributed by atoms with Crippen LogP contribution >= 0.6 is 0 Å². The molecule has 0 bridgehead atoms. The van der Waals surface area contributed by atoms with Crippen molar-refractivity contribution in [3.8, 4) is 11.5 Å². The molecule has 3 aromatic rings. The smallest absolute Gasteiger partial charge is 0.330 e. The highest BCUT2D eigenvalue weighted by molar-refractivity contribution is 5.96. The molecule has 11 heteroatoms. The van der Waals surface area contributed by atoms with Crippen LogP contribution in [0.4, 0.5) is 11.5 Å². The van der Waals surface area contributed by atoms with Gasteiger partial charge < -0.3 is 24.9 Å². The maximum Gasteiger partial charge on any atom is 0.330 e. The van der Waals surface area contributed by atoms with Crippen molar-refractivity contribution >= 4 is 23.6 Å². The number of H-pyrrole nitrogens is 1. The van der Waals surface area contributed by atoms with Crippen molar-refractivity contribution in [2.75, 3.05) is 38.0 Å². The lowest BCUT2D eigenvalue weighted by Gasteiger charge is -2.22. The molecule has 184 valence electrons. The molecule has 1 heterocycles. The standard InChI is InChI=1S/C24H27N5O6/c1-4-28(20(30)15-35-26-13-17-10-11-18(33-2)12-19(17)34-3)21-22(25)29(24(32)27-23(21)31)14-16-8-6-5-7-9-16/h5-13H,4,14-15,25H2,1-3H3,(H,27,31,32)/b26-13-. The monoisotopic (exact) mass is 481 g/mol. The minimum atomic E-state index is -0.765. The summed E-state index contributed by atoms with van der Waals surface area (Å²) in [5, 5.41) is 3.82. The van der Waals surface area contributed by atoms with E-state index in [2.05, 4.69) is 10.1 Å². The molecule has 0 aliphatic heterocycles. The molecule has 0 spiro atoms. The molecule has 0 saturated heterocycles. The summed E-state index contributed by atoms with van der Waals surface area (Å²) in [6, 6.07) is 14.3. The number of hydrogen-bond acceptors (Lipinski definition) is 8. The van der Waals surface area contributed by atoms with E-state index in [0.717, 1.165) is 10.5 Å². The Morgan fingerprint density at radius 2 is 1.89 bits per heavy atom. The van der Waals surface area contributed by atoms with Gasteiger partial charge in [0.05, 0.1) is 27.0 Å². The molecule has 0 radical (unpaired) electrons. The van der Waals surface area contributed by atoms with Crippen molar-refractivity contribution in [1.82, 2.24) is 9.55 Å². The highest BCUT2D eigenvalue weighted by atomic mass is 16.6. The van der Waals surface area contributed by atoms with Crippen LogP contribution in [-0.2, 0) is 16.2 Å². The Kier molecular flexibility index (Phi) is 8.28. The van der Waals surface area contributed by atoms with Crippen LogP contribution < -0.4 is 31.4 Å². The number of methoxy groups -OCH3 is 2. The van der Waals surface area contributed by atoms with E-state index in [4.69, 9.17) is 20.0 Å². The lowest BCUT2D eigenvalue weighted by atomic mass is 10.2. The maximum atomic E-state index is 12.8. The van der Waals surface area contributed by atoms with Gasteiger partial charge in [0.15, 0.2) is 12.3 Å². The summed E-state index contributed by atoms with van der Waals surface area (Å²) in [5.41, 5.74) is 6.05. The van der Waals surface area contributed by atoms with Crippen molar-refractivity contribution in [2.45, 2.75) is 13.5 Å². The van der Waals surface area contributed by atoms with Crippen LogP contribution in [0.25, 0.3) is 0 Å². The van der Waals surface area contributed by atoms with Gasteiger partial charge in [0.25, 0.3) is 11.5 Å². The summed E-state index contributed by atoms with van der Waals surface area (Å²) in [4.78, 5) is 46.4. The predicted octanol–water partition coefficient (Wildman–Crippen LogP) is 1.59. The van der Waals surface area contributed by atoms with Crippen molar-refractivity contribution in [2.24, 2.45) is 5.16 Å². The van der Waals surface area contributed by atoms with Crippen molar-refractivity contribution in [3.05, 3.63) is 80.5 Å². The molecule has 0 saturated carbocycles. The summed E-state index contributed by atoms with van der Waals surface area (Å²) in [5.74, 6) is 0.445. The number of ether oxygens (including phenoxy) is 2. The second kappa shape index (κ2) is 11.5. The third kappa shape index (κ3) is 5.88. The Labute approximate surface area is 201 Å². The molecular weight excluding hydrogens is 454 g/mol. The number of nitrogens with zero attached hydrogens (tertiary/aromatic N) is 3. The number of carbonyl (C=O) groups excluding carboxylic acids is 1. The number of amides is 1. The number of aromatic amines is 1. The highest BCUT2D eigenvalue weighted by Crippen LogP contribution is 2.23. The first-order valence-electron chi connectivity index (χ1n) is 10.7. The van der Waals surface area contributed by atoms with E-state index in [9.17, 15) is 14.4 Å². The van der Waals surface area contributed by atoms with Crippen LogP contribution in [0.3, 0.4) is 0 Å². The van der Waals surface area contributed by atoms with Crippen LogP contribution in [0.1, 0.15) is 18.1 Å².